The zero-order valence-corrected chi connectivity index (χ0v) is 10.7. The summed E-state index contributed by atoms with van der Waals surface area (Å²) in [5.74, 6) is 0. The van der Waals surface area contributed by atoms with Gasteiger partial charge in [-0.2, -0.15) is 4.31 Å². The fraction of sp³-hybridized carbons (Fsp3) is 0.400. The van der Waals surface area contributed by atoms with E-state index >= 15 is 0 Å². The van der Waals surface area contributed by atoms with Crippen molar-refractivity contribution < 1.29 is 17.2 Å². The molecule has 1 aliphatic heterocycles. The molecule has 7 heteroatoms. The topological polar surface area (TPSA) is 77.5 Å². The van der Waals surface area contributed by atoms with Gasteiger partial charge in [0.15, 0.2) is 0 Å². The Morgan fingerprint density at radius 1 is 1.24 bits per heavy atom. The third-order valence-electron chi connectivity index (χ3n) is 2.70. The fourth-order valence-electron chi connectivity index (χ4n) is 1.82. The molecule has 0 spiro atoms. The van der Waals surface area contributed by atoms with E-state index in [1.807, 2.05) is 0 Å². The van der Waals surface area contributed by atoms with Crippen LogP contribution in [0.4, 0.5) is 0 Å². The molecular weight excluding hydrogens is 262 g/mol. The SMILES string of the molecule is O=S([O-])c1cccc(S(=O)(=O)N2CCCC2)c1. The summed E-state index contributed by atoms with van der Waals surface area (Å²) in [6.07, 6.45) is 1.71. The van der Waals surface area contributed by atoms with Gasteiger partial charge in [0.25, 0.3) is 0 Å². The highest BCUT2D eigenvalue weighted by Crippen LogP contribution is 2.22. The van der Waals surface area contributed by atoms with Crippen LogP contribution < -0.4 is 0 Å². The van der Waals surface area contributed by atoms with Crippen LogP contribution in [0.15, 0.2) is 34.1 Å². The molecular formula is C10H12NO4S2-. The lowest BCUT2D eigenvalue weighted by Gasteiger charge is -2.16. The average molecular weight is 274 g/mol. The van der Waals surface area contributed by atoms with Gasteiger partial charge in [-0.3, -0.25) is 4.21 Å². The molecule has 1 aliphatic rings. The lowest BCUT2D eigenvalue weighted by Crippen LogP contribution is -2.27. The average Bonchev–Trinajstić information content (AvgIpc) is 2.83. The highest BCUT2D eigenvalue weighted by Gasteiger charge is 2.27. The molecule has 1 aromatic rings. The van der Waals surface area contributed by atoms with E-state index in [0.717, 1.165) is 12.8 Å². The van der Waals surface area contributed by atoms with E-state index in [9.17, 15) is 17.2 Å². The molecule has 1 atom stereocenters. The van der Waals surface area contributed by atoms with E-state index in [0.29, 0.717) is 13.1 Å². The van der Waals surface area contributed by atoms with Crippen molar-refractivity contribution in [1.82, 2.24) is 4.31 Å². The molecule has 1 fully saturated rings. The number of benzene rings is 1. The molecule has 0 bridgehead atoms. The maximum Gasteiger partial charge on any atom is 0.243 e. The standard InChI is InChI=1S/C10H13NO4S2/c12-16(13)9-4-3-5-10(8-9)17(14,15)11-6-1-2-7-11/h3-5,8H,1-2,6-7H2,(H,12,13)/p-1. The van der Waals surface area contributed by atoms with Gasteiger partial charge >= 0.3 is 0 Å². The summed E-state index contributed by atoms with van der Waals surface area (Å²) in [4.78, 5) is 0.0337. The van der Waals surface area contributed by atoms with Crippen LogP contribution in [0.2, 0.25) is 0 Å². The molecule has 94 valence electrons. The van der Waals surface area contributed by atoms with Crippen LogP contribution in [0.5, 0.6) is 0 Å². The van der Waals surface area contributed by atoms with Crippen LogP contribution in [0.1, 0.15) is 12.8 Å². The van der Waals surface area contributed by atoms with Gasteiger partial charge in [-0.15, -0.1) is 0 Å². The van der Waals surface area contributed by atoms with E-state index in [2.05, 4.69) is 0 Å². The summed E-state index contributed by atoms with van der Waals surface area (Å²) in [5, 5.41) is 0. The Hall–Kier alpha value is -0.760. The first-order valence-corrected chi connectivity index (χ1v) is 7.73. The minimum Gasteiger partial charge on any atom is -0.768 e. The Balaban J connectivity index is 2.39. The monoisotopic (exact) mass is 274 g/mol. The molecule has 17 heavy (non-hydrogen) atoms. The van der Waals surface area contributed by atoms with Gasteiger partial charge in [-0.05, 0) is 42.1 Å². The predicted molar refractivity (Wildman–Crippen MR) is 61.6 cm³/mol. The van der Waals surface area contributed by atoms with E-state index in [-0.39, 0.29) is 9.79 Å². The molecule has 0 amide bonds. The normalized spacial score (nSPS) is 19.4. The molecule has 0 aromatic heterocycles. The lowest BCUT2D eigenvalue weighted by molar-refractivity contribution is 0.477. The van der Waals surface area contributed by atoms with Crippen molar-refractivity contribution in [3.05, 3.63) is 24.3 Å². The minimum atomic E-state index is -3.53. The second kappa shape index (κ2) is 4.85. The van der Waals surface area contributed by atoms with E-state index in [4.69, 9.17) is 0 Å². The third-order valence-corrected chi connectivity index (χ3v) is 5.23. The van der Waals surface area contributed by atoms with Crippen molar-refractivity contribution in [2.45, 2.75) is 22.6 Å². The Bertz CT molecular complexity index is 535. The Labute approximate surface area is 103 Å². The number of rotatable bonds is 3. The van der Waals surface area contributed by atoms with E-state index in [1.54, 1.807) is 0 Å². The number of hydrogen-bond donors (Lipinski definition) is 0. The molecule has 1 saturated heterocycles. The van der Waals surface area contributed by atoms with Crippen LogP contribution in [-0.2, 0) is 21.1 Å². The molecule has 1 heterocycles. The smallest absolute Gasteiger partial charge is 0.243 e. The van der Waals surface area contributed by atoms with Crippen molar-refractivity contribution in [2.75, 3.05) is 13.1 Å². The van der Waals surface area contributed by atoms with E-state index < -0.39 is 21.1 Å². The first-order chi connectivity index (χ1) is 8.01. The van der Waals surface area contributed by atoms with Crippen molar-refractivity contribution in [3.8, 4) is 0 Å². The molecule has 1 unspecified atom stereocenters. The minimum absolute atomic E-state index is 0.00901. The summed E-state index contributed by atoms with van der Waals surface area (Å²) in [7, 11) is -3.53. The van der Waals surface area contributed by atoms with Gasteiger partial charge in [0.1, 0.15) is 0 Å². The Morgan fingerprint density at radius 2 is 1.88 bits per heavy atom. The zero-order chi connectivity index (χ0) is 12.5. The first-order valence-electron chi connectivity index (χ1n) is 5.21. The van der Waals surface area contributed by atoms with Gasteiger partial charge in [0.2, 0.25) is 10.0 Å². The Morgan fingerprint density at radius 3 is 2.47 bits per heavy atom. The number of hydrogen-bond acceptors (Lipinski definition) is 4. The molecule has 0 radical (unpaired) electrons. The molecule has 1 aromatic carbocycles. The van der Waals surface area contributed by atoms with Crippen LogP contribution in [0, 0.1) is 0 Å². The quantitative estimate of drug-likeness (QED) is 0.760. The van der Waals surface area contributed by atoms with Crippen LogP contribution in [0.25, 0.3) is 0 Å². The van der Waals surface area contributed by atoms with Crippen molar-refractivity contribution in [2.24, 2.45) is 0 Å². The summed E-state index contributed by atoms with van der Waals surface area (Å²) < 4.78 is 47.2. The predicted octanol–water partition coefficient (Wildman–Crippen LogP) is 0.709. The van der Waals surface area contributed by atoms with Crippen LogP contribution >= 0.6 is 0 Å². The zero-order valence-electron chi connectivity index (χ0n) is 9.03. The maximum atomic E-state index is 12.1. The third kappa shape index (κ3) is 2.57. The second-order valence-corrected chi connectivity index (χ2v) is 6.70. The van der Waals surface area contributed by atoms with Gasteiger partial charge in [-0.1, -0.05) is 6.07 Å². The molecule has 0 aliphatic carbocycles. The maximum absolute atomic E-state index is 12.1. The van der Waals surface area contributed by atoms with Crippen molar-refractivity contribution in [3.63, 3.8) is 0 Å². The van der Waals surface area contributed by atoms with Gasteiger partial charge in [-0.25, -0.2) is 8.42 Å². The van der Waals surface area contributed by atoms with Gasteiger partial charge < -0.3 is 4.55 Å². The van der Waals surface area contributed by atoms with Crippen LogP contribution in [0.3, 0.4) is 0 Å². The van der Waals surface area contributed by atoms with Gasteiger partial charge in [0, 0.05) is 18.0 Å². The first kappa shape index (κ1) is 12.7. The van der Waals surface area contributed by atoms with Crippen molar-refractivity contribution >= 4 is 21.1 Å². The molecule has 2 rings (SSSR count). The lowest BCUT2D eigenvalue weighted by atomic mass is 10.4. The molecule has 0 saturated carbocycles. The van der Waals surface area contributed by atoms with Crippen molar-refractivity contribution in [1.29, 1.82) is 0 Å². The highest BCUT2D eigenvalue weighted by molar-refractivity contribution is 7.89. The molecule has 0 N–H and O–H groups in total. The largest absolute Gasteiger partial charge is 0.768 e. The summed E-state index contributed by atoms with van der Waals surface area (Å²) >= 11 is -2.41. The van der Waals surface area contributed by atoms with Gasteiger partial charge in [0.05, 0.1) is 4.90 Å². The second-order valence-electron chi connectivity index (χ2n) is 3.82. The summed E-state index contributed by atoms with van der Waals surface area (Å²) in [5.41, 5.74) is 0. The number of nitrogens with zero attached hydrogens (tertiary/aromatic N) is 1. The highest BCUT2D eigenvalue weighted by atomic mass is 32.2. The summed E-state index contributed by atoms with van der Waals surface area (Å²) in [6.45, 7) is 1.01. The number of sulfonamides is 1. The molecule has 5 nitrogen and oxygen atoms in total. The van der Waals surface area contributed by atoms with Crippen LogP contribution in [-0.4, -0.2) is 34.6 Å². The fourth-order valence-corrected chi connectivity index (χ4v) is 3.87. The summed E-state index contributed by atoms with van der Waals surface area (Å²) in [6, 6.07) is 5.42. The van der Waals surface area contributed by atoms with E-state index in [1.165, 1.54) is 28.6 Å². The Kier molecular flexibility index (Phi) is 3.62.